The molecule has 0 saturated carbocycles. The summed E-state index contributed by atoms with van der Waals surface area (Å²) in [4.78, 5) is 0. The minimum atomic E-state index is 1.12. The molecule has 0 fully saturated rings. The zero-order valence-electron chi connectivity index (χ0n) is 3.51. The number of hydrogen-bond acceptors (Lipinski definition) is 0. The van der Waals surface area contributed by atoms with Crippen molar-refractivity contribution in [1.82, 2.24) is 0 Å². The first-order valence-electron chi connectivity index (χ1n) is 1.51. The molecule has 0 rings (SSSR count). The van der Waals surface area contributed by atoms with Crippen LogP contribution in [-0.4, -0.2) is 0 Å². The van der Waals surface area contributed by atoms with Crippen molar-refractivity contribution in [1.29, 1.82) is 0 Å². The van der Waals surface area contributed by atoms with Gasteiger partial charge >= 0.3 is 0 Å². The van der Waals surface area contributed by atoms with Crippen molar-refractivity contribution < 1.29 is 0 Å². The topological polar surface area (TPSA) is 0 Å². The lowest BCUT2D eigenvalue weighted by Gasteiger charge is -1.81. The van der Waals surface area contributed by atoms with E-state index in [1.54, 1.807) is 0 Å². The molecular formula is C4I4. The van der Waals surface area contributed by atoms with Gasteiger partial charge in [-0.25, -0.2) is 0 Å². The molecule has 0 nitrogen and oxygen atoms in total. The van der Waals surface area contributed by atoms with E-state index < -0.39 is 0 Å². The molecule has 0 aliphatic rings. The molecule has 0 bridgehead atoms. The monoisotopic (exact) mass is 556 g/mol. The predicted octanol–water partition coefficient (Wildman–Crippen LogP) is 3.86. The minimum absolute atomic E-state index is 1.12. The van der Waals surface area contributed by atoms with Crippen LogP contribution in [0.2, 0.25) is 0 Å². The molecule has 0 aromatic carbocycles. The van der Waals surface area contributed by atoms with Crippen molar-refractivity contribution >= 4 is 90.4 Å². The number of rotatable bonds is 0. The lowest BCUT2D eigenvalue weighted by molar-refractivity contribution is 2.26. The number of halogens is 4. The van der Waals surface area contributed by atoms with Gasteiger partial charge in [-0.3, -0.25) is 0 Å². The highest BCUT2D eigenvalue weighted by Gasteiger charge is 1.88. The molecule has 0 heterocycles. The van der Waals surface area contributed by atoms with Crippen LogP contribution in [-0.2, 0) is 0 Å². The smallest absolute Gasteiger partial charge is 0.0473 e. The molecule has 0 aromatic heterocycles. The zero-order valence-corrected chi connectivity index (χ0v) is 12.1. The lowest BCUT2D eigenvalue weighted by Crippen LogP contribution is -1.57. The highest BCUT2D eigenvalue weighted by Crippen LogP contribution is 2.24. The Morgan fingerprint density at radius 3 is 1.75 bits per heavy atom. The van der Waals surface area contributed by atoms with Gasteiger partial charge in [0.25, 0.3) is 0 Å². The first-order valence-corrected chi connectivity index (χ1v) is 5.82. The average Bonchev–Trinajstić information content (AvgIpc) is 1.67. The first kappa shape index (κ1) is 10.2. The van der Waals surface area contributed by atoms with Crippen LogP contribution in [0, 0.1) is 9.85 Å². The van der Waals surface area contributed by atoms with E-state index in [4.69, 9.17) is 0 Å². The second kappa shape index (κ2) is 5.96. The largest absolute Gasteiger partial charge is 0.0831 e. The van der Waals surface area contributed by atoms with Gasteiger partial charge in [0.05, 0.1) is 5.17 Å². The maximum Gasteiger partial charge on any atom is 0.0831 e. The predicted molar refractivity (Wildman–Crippen MR) is 70.9 cm³/mol. The van der Waals surface area contributed by atoms with Gasteiger partial charge in [0.1, 0.15) is 0 Å². The van der Waals surface area contributed by atoms with E-state index in [9.17, 15) is 0 Å². The van der Waals surface area contributed by atoms with Crippen molar-refractivity contribution in [3.63, 3.8) is 0 Å². The molecule has 0 spiro atoms. The van der Waals surface area contributed by atoms with Crippen molar-refractivity contribution in [3.05, 3.63) is 5.17 Å². The van der Waals surface area contributed by atoms with Crippen LogP contribution in [0.3, 0.4) is 0 Å². The van der Waals surface area contributed by atoms with Gasteiger partial charge in [-0.05, 0) is 77.6 Å². The summed E-state index contributed by atoms with van der Waals surface area (Å²) >= 11 is 8.74. The SMILES string of the molecule is IC#CC(I)=C(I)I. The fourth-order valence-electron chi connectivity index (χ4n) is 0.0887. The Hall–Kier alpha value is 2.22. The Morgan fingerprint density at radius 1 is 1.12 bits per heavy atom. The van der Waals surface area contributed by atoms with Crippen LogP contribution in [0.5, 0.6) is 0 Å². The summed E-state index contributed by atoms with van der Waals surface area (Å²) in [5.41, 5.74) is 0. The summed E-state index contributed by atoms with van der Waals surface area (Å²) in [6.07, 6.45) is 0. The van der Waals surface area contributed by atoms with Gasteiger partial charge in [-0.1, -0.05) is 0 Å². The van der Waals surface area contributed by atoms with Crippen LogP contribution in [0.25, 0.3) is 0 Å². The molecule has 0 unspecified atom stereocenters. The Labute approximate surface area is 103 Å². The lowest BCUT2D eigenvalue weighted by atomic mass is 10.7. The molecule has 44 valence electrons. The van der Waals surface area contributed by atoms with E-state index in [-0.39, 0.29) is 0 Å². The molecule has 0 atom stereocenters. The standard InChI is InChI=1S/C4I4/c5-2-1-3(6)4(7)8. The van der Waals surface area contributed by atoms with Crippen LogP contribution in [0.1, 0.15) is 0 Å². The third-order valence-electron chi connectivity index (χ3n) is 0.323. The summed E-state index contributed by atoms with van der Waals surface area (Å²) in [5.74, 6) is 2.93. The van der Waals surface area contributed by atoms with Crippen molar-refractivity contribution in [2.45, 2.75) is 0 Å². The van der Waals surface area contributed by atoms with Gasteiger partial charge in [0.2, 0.25) is 0 Å². The molecule has 0 N–H and O–H groups in total. The van der Waals surface area contributed by atoms with E-state index in [2.05, 4.69) is 77.6 Å². The molecule has 0 aliphatic heterocycles. The fraction of sp³-hybridized carbons (Fsp3) is 0. The summed E-state index contributed by atoms with van der Waals surface area (Å²) in [7, 11) is 0. The van der Waals surface area contributed by atoms with Crippen molar-refractivity contribution in [2.75, 3.05) is 0 Å². The molecule has 0 aliphatic carbocycles. The Kier molecular flexibility index (Phi) is 7.62. The van der Waals surface area contributed by atoms with Crippen molar-refractivity contribution in [3.8, 4) is 9.85 Å². The van der Waals surface area contributed by atoms with E-state index in [1.165, 1.54) is 1.59 Å². The van der Waals surface area contributed by atoms with Crippen LogP contribution in [0.15, 0.2) is 5.17 Å². The summed E-state index contributed by atoms with van der Waals surface area (Å²) in [6, 6.07) is 0. The second-order valence-electron chi connectivity index (χ2n) is 0.794. The van der Waals surface area contributed by atoms with E-state index in [0.717, 1.165) is 3.58 Å². The van der Waals surface area contributed by atoms with Gasteiger partial charge in [0.15, 0.2) is 0 Å². The third-order valence-corrected chi connectivity index (χ3v) is 4.54. The van der Waals surface area contributed by atoms with E-state index in [1.807, 2.05) is 22.6 Å². The van der Waals surface area contributed by atoms with Crippen LogP contribution < -0.4 is 0 Å². The van der Waals surface area contributed by atoms with Crippen LogP contribution >= 0.6 is 90.4 Å². The molecule has 4 heteroatoms. The summed E-state index contributed by atoms with van der Waals surface area (Å²) in [6.45, 7) is 0. The van der Waals surface area contributed by atoms with Gasteiger partial charge in [0, 0.05) is 22.6 Å². The maximum atomic E-state index is 2.93. The quantitative estimate of drug-likeness (QED) is 0.315. The maximum absolute atomic E-state index is 2.93. The van der Waals surface area contributed by atoms with E-state index in [0.29, 0.717) is 0 Å². The minimum Gasteiger partial charge on any atom is -0.0473 e. The summed E-state index contributed by atoms with van der Waals surface area (Å²) < 4.78 is 5.14. The van der Waals surface area contributed by atoms with Gasteiger partial charge in [-0.15, -0.1) is 0 Å². The van der Waals surface area contributed by atoms with E-state index >= 15 is 0 Å². The normalized spacial score (nSPS) is 7.00. The molecule has 0 aromatic rings. The molecular weight excluding hydrogens is 556 g/mol. The molecule has 8 heavy (non-hydrogen) atoms. The Balaban J connectivity index is 4.16. The third kappa shape index (κ3) is 5.04. The average molecular weight is 556 g/mol. The number of hydrogen-bond donors (Lipinski definition) is 0. The summed E-state index contributed by atoms with van der Waals surface area (Å²) in [5, 5.41) is 0. The first-order chi connectivity index (χ1) is 3.68. The zero-order chi connectivity index (χ0) is 6.57. The fourth-order valence-corrected chi connectivity index (χ4v) is 1.28. The number of allylic oxidation sites excluding steroid dienone is 1. The van der Waals surface area contributed by atoms with Gasteiger partial charge < -0.3 is 0 Å². The highest BCUT2D eigenvalue weighted by atomic mass is 127. The molecule has 0 radical (unpaired) electrons. The highest BCUT2D eigenvalue weighted by molar-refractivity contribution is 14.2. The van der Waals surface area contributed by atoms with Crippen LogP contribution in [0.4, 0.5) is 0 Å². The van der Waals surface area contributed by atoms with Gasteiger partial charge in [-0.2, -0.15) is 0 Å². The van der Waals surface area contributed by atoms with Crippen molar-refractivity contribution in [2.24, 2.45) is 0 Å². The Bertz CT molecular complexity index is 155. The molecule has 0 saturated heterocycles. The molecule has 0 amide bonds. The second-order valence-corrected chi connectivity index (χ2v) is 6.63. The Morgan fingerprint density at radius 2 is 1.62 bits per heavy atom.